The van der Waals surface area contributed by atoms with E-state index in [2.05, 4.69) is 0 Å². The molecule has 0 spiro atoms. The van der Waals surface area contributed by atoms with Gasteiger partial charge in [0.15, 0.2) is 17.5 Å². The van der Waals surface area contributed by atoms with Crippen LogP contribution >= 0.6 is 0 Å². The van der Waals surface area contributed by atoms with E-state index >= 15 is 0 Å². The fourth-order valence-electron chi connectivity index (χ4n) is 1.92. The Morgan fingerprint density at radius 3 is 2.22 bits per heavy atom. The van der Waals surface area contributed by atoms with Gasteiger partial charge in [-0.15, -0.1) is 0 Å². The molecule has 122 valence electrons. The van der Waals surface area contributed by atoms with Crippen LogP contribution in [-0.4, -0.2) is 46.6 Å². The summed E-state index contributed by atoms with van der Waals surface area (Å²) >= 11 is 0. The molecule has 1 heterocycles. The molecule has 1 aromatic carbocycles. The molecule has 0 unspecified atom stereocenters. The second-order valence-corrected chi connectivity index (χ2v) is 4.49. The average molecular weight is 329 g/mol. The Hall–Kier alpha value is -2.91. The van der Waals surface area contributed by atoms with Crippen LogP contribution in [0.5, 0.6) is 0 Å². The predicted octanol–water partition coefficient (Wildman–Crippen LogP) is 0.853. The summed E-state index contributed by atoms with van der Waals surface area (Å²) in [5.41, 5.74) is -0.660. The zero-order chi connectivity index (χ0) is 17.3. The number of nitrogens with one attached hydrogen (secondary N) is 1. The molecule has 1 N–H and O–H groups in total. The second-order valence-electron chi connectivity index (χ2n) is 4.49. The monoisotopic (exact) mass is 329 g/mol. The van der Waals surface area contributed by atoms with E-state index in [0.29, 0.717) is 15.9 Å². The van der Waals surface area contributed by atoms with E-state index in [1.807, 2.05) is 5.32 Å². The highest BCUT2D eigenvalue weighted by atomic mass is 19.2. The number of benzene rings is 1. The second kappa shape index (κ2) is 6.07. The van der Waals surface area contributed by atoms with Gasteiger partial charge in [-0.05, 0) is 19.1 Å². The van der Waals surface area contributed by atoms with Crippen molar-refractivity contribution in [1.29, 1.82) is 0 Å². The maximum atomic E-state index is 13.4. The molecule has 1 saturated heterocycles. The Balaban J connectivity index is 2.12. The molecule has 0 aliphatic carbocycles. The molecule has 1 fully saturated rings. The maximum Gasteiger partial charge on any atom is 0.334 e. The van der Waals surface area contributed by atoms with Crippen LogP contribution in [0.3, 0.4) is 0 Å². The van der Waals surface area contributed by atoms with Gasteiger partial charge in [-0.3, -0.25) is 19.3 Å². The maximum absolute atomic E-state index is 13.4. The summed E-state index contributed by atoms with van der Waals surface area (Å²) in [5.74, 6) is -8.16. The van der Waals surface area contributed by atoms with Crippen LogP contribution in [0.25, 0.3) is 0 Å². The summed E-state index contributed by atoms with van der Waals surface area (Å²) in [6.07, 6.45) is 0. The Morgan fingerprint density at radius 1 is 1.04 bits per heavy atom. The average Bonchev–Trinajstić information content (AvgIpc) is 2.71. The van der Waals surface area contributed by atoms with E-state index < -0.39 is 53.4 Å². The van der Waals surface area contributed by atoms with Crippen LogP contribution in [-0.2, 0) is 14.4 Å². The topological polar surface area (TPSA) is 86.8 Å². The van der Waals surface area contributed by atoms with Crippen LogP contribution in [0.4, 0.5) is 23.7 Å². The molecule has 10 heteroatoms. The predicted molar refractivity (Wildman–Crippen MR) is 69.4 cm³/mol. The fraction of sp³-hybridized carbons (Fsp3) is 0.231. The lowest BCUT2D eigenvalue weighted by atomic mass is 10.2. The first kappa shape index (κ1) is 16.5. The largest absolute Gasteiger partial charge is 0.334 e. The van der Waals surface area contributed by atoms with Gasteiger partial charge in [0.05, 0.1) is 5.69 Å². The number of carbonyl (C=O) groups is 4. The molecular weight excluding hydrogens is 319 g/mol. The number of anilines is 1. The van der Waals surface area contributed by atoms with Crippen molar-refractivity contribution in [2.75, 3.05) is 18.4 Å². The van der Waals surface area contributed by atoms with Gasteiger partial charge in [-0.2, -0.15) is 0 Å². The van der Waals surface area contributed by atoms with Gasteiger partial charge < -0.3 is 5.32 Å². The number of halogens is 3. The molecule has 0 radical (unpaired) electrons. The molecule has 1 aliphatic heterocycles. The number of hydrogen-bond donors (Lipinski definition) is 1. The number of imide groups is 2. The van der Waals surface area contributed by atoms with Gasteiger partial charge in [0.25, 0.3) is 0 Å². The van der Waals surface area contributed by atoms with Gasteiger partial charge in [0.2, 0.25) is 5.91 Å². The number of amides is 5. The summed E-state index contributed by atoms with van der Waals surface area (Å²) in [4.78, 5) is 47.6. The van der Waals surface area contributed by atoms with Gasteiger partial charge in [-0.1, -0.05) is 0 Å². The van der Waals surface area contributed by atoms with Crippen molar-refractivity contribution >= 4 is 29.4 Å². The highest BCUT2D eigenvalue weighted by Crippen LogP contribution is 2.20. The Bertz CT molecular complexity index is 723. The van der Waals surface area contributed by atoms with E-state index in [1.54, 1.807) is 0 Å². The molecule has 0 aromatic heterocycles. The van der Waals surface area contributed by atoms with Gasteiger partial charge in [0, 0.05) is 6.54 Å². The van der Waals surface area contributed by atoms with Crippen molar-refractivity contribution in [3.8, 4) is 0 Å². The standard InChI is InChI=1S/C13H10F3N3O4/c1-2-18-11(21)12(22)19(13(18)23)5-8(20)17-7-4-3-6(14)9(15)10(7)16/h3-4H,2,5H2,1H3,(H,17,20). The Morgan fingerprint density at radius 2 is 1.65 bits per heavy atom. The van der Waals surface area contributed by atoms with Gasteiger partial charge >= 0.3 is 17.8 Å². The summed E-state index contributed by atoms with van der Waals surface area (Å²) in [6.45, 7) is 0.543. The van der Waals surface area contributed by atoms with E-state index in [4.69, 9.17) is 0 Å². The Kier molecular flexibility index (Phi) is 4.34. The molecule has 5 amide bonds. The molecule has 1 aliphatic rings. The van der Waals surface area contributed by atoms with Crippen molar-refractivity contribution in [2.45, 2.75) is 6.92 Å². The van der Waals surface area contributed by atoms with Crippen LogP contribution in [0.2, 0.25) is 0 Å². The van der Waals surface area contributed by atoms with Crippen molar-refractivity contribution < 1.29 is 32.3 Å². The summed E-state index contributed by atoms with van der Waals surface area (Å²) in [6, 6.07) is 0.397. The van der Waals surface area contributed by atoms with Gasteiger partial charge in [0.1, 0.15) is 6.54 Å². The quantitative estimate of drug-likeness (QED) is 0.504. The number of hydrogen-bond acceptors (Lipinski definition) is 4. The first-order valence-electron chi connectivity index (χ1n) is 6.38. The lowest BCUT2D eigenvalue weighted by Gasteiger charge is -2.14. The minimum absolute atomic E-state index is 0.0562. The molecule has 2 rings (SSSR count). The fourth-order valence-corrected chi connectivity index (χ4v) is 1.92. The third-order valence-electron chi connectivity index (χ3n) is 3.06. The smallest absolute Gasteiger partial charge is 0.322 e. The number of carbonyl (C=O) groups excluding carboxylic acids is 4. The van der Waals surface area contributed by atoms with Crippen LogP contribution in [0.15, 0.2) is 12.1 Å². The normalized spacial score (nSPS) is 14.7. The lowest BCUT2D eigenvalue weighted by Crippen LogP contribution is -2.39. The van der Waals surface area contributed by atoms with Crippen LogP contribution in [0.1, 0.15) is 6.92 Å². The zero-order valence-corrected chi connectivity index (χ0v) is 11.7. The summed E-state index contributed by atoms with van der Waals surface area (Å²) in [5, 5.41) is 1.90. The molecule has 1 aromatic rings. The summed E-state index contributed by atoms with van der Waals surface area (Å²) in [7, 11) is 0. The SMILES string of the molecule is CCN1C(=O)C(=O)N(CC(=O)Nc2ccc(F)c(F)c2F)C1=O. The van der Waals surface area contributed by atoms with Crippen molar-refractivity contribution in [1.82, 2.24) is 9.80 Å². The zero-order valence-electron chi connectivity index (χ0n) is 11.7. The Labute approximate surface area is 127 Å². The third kappa shape index (κ3) is 2.87. The molecule has 7 nitrogen and oxygen atoms in total. The molecule has 23 heavy (non-hydrogen) atoms. The first-order valence-corrected chi connectivity index (χ1v) is 6.38. The number of urea groups is 1. The number of nitrogens with zero attached hydrogens (tertiary/aromatic N) is 2. The van der Waals surface area contributed by atoms with E-state index in [9.17, 15) is 32.3 Å². The molecule has 0 atom stereocenters. The first-order chi connectivity index (χ1) is 10.8. The minimum Gasteiger partial charge on any atom is -0.322 e. The molecular formula is C13H10F3N3O4. The number of rotatable bonds is 4. The number of likely N-dealkylation sites (N-methyl/N-ethyl adjacent to an activating group) is 1. The van der Waals surface area contributed by atoms with Crippen molar-refractivity contribution in [2.24, 2.45) is 0 Å². The van der Waals surface area contributed by atoms with Gasteiger partial charge in [-0.25, -0.2) is 22.9 Å². The van der Waals surface area contributed by atoms with Crippen LogP contribution in [0, 0.1) is 17.5 Å². The highest BCUT2D eigenvalue weighted by molar-refractivity contribution is 6.45. The molecule has 0 saturated carbocycles. The highest BCUT2D eigenvalue weighted by Gasteiger charge is 2.44. The van der Waals surface area contributed by atoms with E-state index in [0.717, 1.165) is 6.07 Å². The van der Waals surface area contributed by atoms with E-state index in [-0.39, 0.29) is 6.54 Å². The minimum atomic E-state index is -1.77. The van der Waals surface area contributed by atoms with Crippen molar-refractivity contribution in [3.63, 3.8) is 0 Å². The van der Waals surface area contributed by atoms with Crippen LogP contribution < -0.4 is 5.32 Å². The van der Waals surface area contributed by atoms with E-state index in [1.165, 1.54) is 6.92 Å². The lowest BCUT2D eigenvalue weighted by molar-refractivity contribution is -0.143. The van der Waals surface area contributed by atoms with Crippen molar-refractivity contribution in [3.05, 3.63) is 29.6 Å². The molecule has 0 bridgehead atoms. The summed E-state index contributed by atoms with van der Waals surface area (Å²) < 4.78 is 39.3. The third-order valence-corrected chi connectivity index (χ3v) is 3.06.